The van der Waals surface area contributed by atoms with Gasteiger partial charge >= 0.3 is 18.2 Å². The van der Waals surface area contributed by atoms with Gasteiger partial charge in [-0.15, -0.1) is 0 Å². The normalized spacial score (nSPS) is 13.8. The summed E-state index contributed by atoms with van der Waals surface area (Å²) >= 11 is 0. The van der Waals surface area contributed by atoms with E-state index >= 15 is 0 Å². The lowest BCUT2D eigenvalue weighted by Gasteiger charge is -2.29. The molecule has 8 nitrogen and oxygen atoms in total. The molecule has 0 aliphatic heterocycles. The quantitative estimate of drug-likeness (QED) is 0.610. The van der Waals surface area contributed by atoms with Crippen LogP contribution >= 0.6 is 0 Å². The molecule has 0 radical (unpaired) electrons. The molecule has 1 aliphatic carbocycles. The minimum Gasteiger partial charge on any atom is -0.480 e. The molecule has 8 heteroatoms. The summed E-state index contributed by atoms with van der Waals surface area (Å²) in [7, 11) is 1.39. The average Bonchev–Trinajstić information content (AvgIpc) is 3.12. The van der Waals surface area contributed by atoms with Gasteiger partial charge in [-0.3, -0.25) is 0 Å². The first-order valence-electron chi connectivity index (χ1n) is 10.2. The van der Waals surface area contributed by atoms with Crippen molar-refractivity contribution in [1.29, 1.82) is 0 Å². The molecular formula is C24H26N2O6. The zero-order valence-corrected chi connectivity index (χ0v) is 18.0. The summed E-state index contributed by atoms with van der Waals surface area (Å²) in [5.74, 6) is -1.44. The van der Waals surface area contributed by atoms with Crippen LogP contribution in [0.15, 0.2) is 61.2 Å². The number of carbonyl (C=O) groups excluding carboxylic acids is 2. The highest BCUT2D eigenvalue weighted by Crippen LogP contribution is 2.44. The highest BCUT2D eigenvalue weighted by atomic mass is 16.6. The fraction of sp³-hybridized carbons (Fsp3) is 0.292. The van der Waals surface area contributed by atoms with Crippen LogP contribution in [0.5, 0.6) is 0 Å². The van der Waals surface area contributed by atoms with E-state index < -0.39 is 30.2 Å². The van der Waals surface area contributed by atoms with Gasteiger partial charge in [-0.2, -0.15) is 0 Å². The predicted molar refractivity (Wildman–Crippen MR) is 118 cm³/mol. The Morgan fingerprint density at radius 3 is 2.19 bits per heavy atom. The van der Waals surface area contributed by atoms with E-state index in [9.17, 15) is 19.5 Å². The van der Waals surface area contributed by atoms with Crippen LogP contribution in [-0.4, -0.2) is 60.5 Å². The van der Waals surface area contributed by atoms with Crippen LogP contribution in [0.1, 0.15) is 24.0 Å². The number of alkyl carbamates (subject to hydrolysis) is 1. The lowest BCUT2D eigenvalue weighted by molar-refractivity contribution is -0.140. The Morgan fingerprint density at radius 2 is 1.66 bits per heavy atom. The molecule has 0 saturated carbocycles. The molecule has 2 amide bonds. The van der Waals surface area contributed by atoms with E-state index in [1.54, 1.807) is 0 Å². The van der Waals surface area contributed by atoms with Crippen LogP contribution < -0.4 is 5.32 Å². The van der Waals surface area contributed by atoms with Crippen LogP contribution in [-0.2, 0) is 14.3 Å². The molecule has 32 heavy (non-hydrogen) atoms. The van der Waals surface area contributed by atoms with Crippen molar-refractivity contribution in [3.8, 4) is 11.1 Å². The minimum atomic E-state index is -1.38. The first-order valence-corrected chi connectivity index (χ1v) is 10.2. The molecule has 0 aromatic heterocycles. The number of nitrogens with one attached hydrogen (secondary N) is 1. The molecule has 3 rings (SSSR count). The standard InChI is InChI=1S/C24H26N2O6/c1-4-13-31-24(30)26(3)15(2)21(22(27)28)25-23(29)32-14-20-18-11-7-5-9-16(18)17-10-6-8-12-19(17)20/h4-12,15,20-21H,1,13-14H2,2-3H3,(H,25,29)(H,27,28)/t15-,21-/m0/s1. The summed E-state index contributed by atoms with van der Waals surface area (Å²) in [6.07, 6.45) is -0.197. The maximum absolute atomic E-state index is 12.5. The van der Waals surface area contributed by atoms with Crippen LogP contribution in [0, 0.1) is 0 Å². The van der Waals surface area contributed by atoms with Crippen LogP contribution in [0.2, 0.25) is 0 Å². The molecule has 0 heterocycles. The number of hydrogen-bond acceptors (Lipinski definition) is 5. The third-order valence-corrected chi connectivity index (χ3v) is 5.59. The molecule has 0 unspecified atom stereocenters. The number of nitrogens with zero attached hydrogens (tertiary/aromatic N) is 1. The van der Waals surface area contributed by atoms with Gasteiger partial charge in [-0.25, -0.2) is 14.4 Å². The Labute approximate surface area is 186 Å². The fourth-order valence-corrected chi connectivity index (χ4v) is 3.78. The maximum Gasteiger partial charge on any atom is 0.410 e. The Kier molecular flexibility index (Phi) is 7.14. The van der Waals surface area contributed by atoms with Crippen molar-refractivity contribution in [2.24, 2.45) is 0 Å². The van der Waals surface area contributed by atoms with Crippen molar-refractivity contribution < 1.29 is 29.0 Å². The number of benzene rings is 2. The topological polar surface area (TPSA) is 105 Å². The van der Waals surface area contributed by atoms with Crippen molar-refractivity contribution >= 4 is 18.2 Å². The molecule has 2 atom stereocenters. The molecule has 0 saturated heterocycles. The Hall–Kier alpha value is -3.81. The molecule has 0 spiro atoms. The van der Waals surface area contributed by atoms with E-state index in [1.807, 2.05) is 48.5 Å². The molecular weight excluding hydrogens is 412 g/mol. The van der Waals surface area contributed by atoms with Crippen molar-refractivity contribution in [2.45, 2.75) is 24.9 Å². The second-order valence-electron chi connectivity index (χ2n) is 7.50. The van der Waals surface area contributed by atoms with Crippen molar-refractivity contribution in [3.05, 3.63) is 72.3 Å². The number of hydrogen-bond donors (Lipinski definition) is 2. The summed E-state index contributed by atoms with van der Waals surface area (Å²) < 4.78 is 10.3. The van der Waals surface area contributed by atoms with Gasteiger partial charge in [0.25, 0.3) is 0 Å². The number of carboxylic acids is 1. The molecule has 2 aromatic carbocycles. The molecule has 168 valence electrons. The number of carboxylic acid groups (broad SMARTS) is 1. The molecule has 1 aliphatic rings. The lowest BCUT2D eigenvalue weighted by atomic mass is 9.98. The average molecular weight is 438 g/mol. The van der Waals surface area contributed by atoms with E-state index in [1.165, 1.54) is 20.0 Å². The van der Waals surface area contributed by atoms with Gasteiger partial charge < -0.3 is 24.8 Å². The van der Waals surface area contributed by atoms with Gasteiger partial charge in [0.2, 0.25) is 0 Å². The highest BCUT2D eigenvalue weighted by Gasteiger charge is 2.34. The number of aliphatic carboxylic acids is 1. The first-order chi connectivity index (χ1) is 15.3. The van der Waals surface area contributed by atoms with Crippen molar-refractivity contribution in [3.63, 3.8) is 0 Å². The molecule has 2 aromatic rings. The summed E-state index contributed by atoms with van der Waals surface area (Å²) in [6.45, 7) is 5.00. The lowest BCUT2D eigenvalue weighted by Crippen LogP contribution is -2.55. The first kappa shape index (κ1) is 22.9. The number of carbonyl (C=O) groups is 3. The fourth-order valence-electron chi connectivity index (χ4n) is 3.78. The number of rotatable bonds is 8. The molecule has 0 fully saturated rings. The third kappa shape index (κ3) is 4.74. The number of ether oxygens (including phenoxy) is 2. The number of amides is 2. The Bertz CT molecular complexity index is 976. The van der Waals surface area contributed by atoms with Crippen LogP contribution in [0.25, 0.3) is 11.1 Å². The second kappa shape index (κ2) is 10.00. The highest BCUT2D eigenvalue weighted by molar-refractivity contribution is 5.82. The smallest absolute Gasteiger partial charge is 0.410 e. The maximum atomic E-state index is 12.5. The van der Waals surface area contributed by atoms with Gasteiger partial charge in [0.05, 0.1) is 6.04 Å². The van der Waals surface area contributed by atoms with E-state index in [4.69, 9.17) is 9.47 Å². The molecule has 0 bridgehead atoms. The summed E-state index contributed by atoms with van der Waals surface area (Å²) in [5, 5.41) is 11.9. The van der Waals surface area contributed by atoms with Crippen LogP contribution in [0.3, 0.4) is 0 Å². The SMILES string of the molecule is C=CCOC(=O)N(C)[C@@H](C)[C@H](NC(=O)OCC1c2ccccc2-c2ccccc21)C(=O)O. The minimum absolute atomic E-state index is 0.00651. The van der Waals surface area contributed by atoms with Crippen molar-refractivity contribution in [2.75, 3.05) is 20.3 Å². The summed E-state index contributed by atoms with van der Waals surface area (Å²) in [6, 6.07) is 13.6. The Morgan fingerprint density at radius 1 is 1.09 bits per heavy atom. The summed E-state index contributed by atoms with van der Waals surface area (Å²) in [5.41, 5.74) is 4.28. The molecule has 2 N–H and O–H groups in total. The van der Waals surface area contributed by atoms with E-state index in [2.05, 4.69) is 11.9 Å². The van der Waals surface area contributed by atoms with Gasteiger partial charge in [-0.1, -0.05) is 61.2 Å². The predicted octanol–water partition coefficient (Wildman–Crippen LogP) is 3.62. The van der Waals surface area contributed by atoms with E-state index in [0.29, 0.717) is 0 Å². The Balaban J connectivity index is 1.66. The zero-order chi connectivity index (χ0) is 23.3. The monoisotopic (exact) mass is 438 g/mol. The third-order valence-electron chi connectivity index (χ3n) is 5.59. The van der Waals surface area contributed by atoms with Crippen molar-refractivity contribution in [1.82, 2.24) is 10.2 Å². The second-order valence-corrected chi connectivity index (χ2v) is 7.50. The van der Waals surface area contributed by atoms with Gasteiger partial charge in [0.15, 0.2) is 0 Å². The zero-order valence-electron chi connectivity index (χ0n) is 18.0. The van der Waals surface area contributed by atoms with Crippen LogP contribution in [0.4, 0.5) is 9.59 Å². The van der Waals surface area contributed by atoms with Gasteiger partial charge in [0.1, 0.15) is 19.3 Å². The van der Waals surface area contributed by atoms with Gasteiger partial charge in [-0.05, 0) is 29.2 Å². The largest absolute Gasteiger partial charge is 0.480 e. The van der Waals surface area contributed by atoms with Gasteiger partial charge in [0, 0.05) is 13.0 Å². The van der Waals surface area contributed by atoms with E-state index in [-0.39, 0.29) is 19.1 Å². The number of fused-ring (bicyclic) bond motifs is 3. The van der Waals surface area contributed by atoms with E-state index in [0.717, 1.165) is 27.2 Å². The summed E-state index contributed by atoms with van der Waals surface area (Å²) in [4.78, 5) is 37.3. The number of likely N-dealkylation sites (N-methyl/N-ethyl adjacent to an activating group) is 1.